The summed E-state index contributed by atoms with van der Waals surface area (Å²) < 4.78 is 41.2. The van der Waals surface area contributed by atoms with Gasteiger partial charge in [-0.05, 0) is 24.6 Å². The van der Waals surface area contributed by atoms with Gasteiger partial charge in [-0.3, -0.25) is 9.48 Å². The Labute approximate surface area is 131 Å². The summed E-state index contributed by atoms with van der Waals surface area (Å²) in [5.74, 6) is -1.89. The minimum Gasteiger partial charge on any atom is -0.275 e. The smallest absolute Gasteiger partial charge is 0.268 e. The maximum absolute atomic E-state index is 13.7. The second kappa shape index (κ2) is 6.05. The maximum atomic E-state index is 13.7. The molecule has 0 fully saturated rings. The standard InChI is InChI=1S/C13H13ClFN3O3S/c1-3-11-9(7-18(2)16-11)13(19)17-22(20,21)12-5-4-8(14)6-10(12)15/h4-7H,3H2,1-2H3,(H,17,19). The summed E-state index contributed by atoms with van der Waals surface area (Å²) in [6, 6.07) is 3.09. The molecule has 0 spiro atoms. The van der Waals surface area contributed by atoms with Gasteiger partial charge in [-0.1, -0.05) is 18.5 Å². The molecule has 6 nitrogen and oxygen atoms in total. The molecule has 0 bridgehead atoms. The van der Waals surface area contributed by atoms with Gasteiger partial charge >= 0.3 is 0 Å². The molecular formula is C13H13ClFN3O3S. The Hall–Kier alpha value is -1.93. The van der Waals surface area contributed by atoms with E-state index in [0.29, 0.717) is 12.1 Å². The van der Waals surface area contributed by atoms with E-state index < -0.39 is 26.6 Å². The van der Waals surface area contributed by atoms with Crippen molar-refractivity contribution in [2.24, 2.45) is 7.05 Å². The van der Waals surface area contributed by atoms with Crippen LogP contribution in [-0.4, -0.2) is 24.1 Å². The van der Waals surface area contributed by atoms with E-state index >= 15 is 0 Å². The lowest BCUT2D eigenvalue weighted by Crippen LogP contribution is -2.31. The largest absolute Gasteiger partial charge is 0.275 e. The number of nitrogens with one attached hydrogen (secondary N) is 1. The van der Waals surface area contributed by atoms with Crippen molar-refractivity contribution in [2.75, 3.05) is 0 Å². The number of rotatable bonds is 4. The number of carbonyl (C=O) groups is 1. The van der Waals surface area contributed by atoms with Crippen molar-refractivity contribution in [1.82, 2.24) is 14.5 Å². The summed E-state index contributed by atoms with van der Waals surface area (Å²) in [7, 11) is -2.73. The van der Waals surface area contributed by atoms with Crippen LogP contribution in [0.4, 0.5) is 4.39 Å². The van der Waals surface area contributed by atoms with E-state index in [-0.39, 0.29) is 10.6 Å². The second-order valence-corrected chi connectivity index (χ2v) is 6.61. The molecule has 2 rings (SSSR count). The maximum Gasteiger partial charge on any atom is 0.268 e. The number of hydrogen-bond donors (Lipinski definition) is 1. The van der Waals surface area contributed by atoms with E-state index in [1.54, 1.807) is 14.0 Å². The predicted octanol–water partition coefficient (Wildman–Crippen LogP) is 1.89. The third-order valence-electron chi connectivity index (χ3n) is 2.90. The topological polar surface area (TPSA) is 81.1 Å². The molecule has 1 amide bonds. The van der Waals surface area contributed by atoms with E-state index in [4.69, 9.17) is 11.6 Å². The highest BCUT2D eigenvalue weighted by atomic mass is 35.5. The van der Waals surface area contributed by atoms with Crippen LogP contribution in [0.2, 0.25) is 5.02 Å². The first kappa shape index (κ1) is 16.4. The molecule has 1 aromatic heterocycles. The zero-order valence-electron chi connectivity index (χ0n) is 11.8. The molecule has 0 unspecified atom stereocenters. The van der Waals surface area contributed by atoms with Crippen molar-refractivity contribution in [3.63, 3.8) is 0 Å². The summed E-state index contributed by atoms with van der Waals surface area (Å²) in [5, 5.41) is 4.11. The van der Waals surface area contributed by atoms with Gasteiger partial charge in [0.2, 0.25) is 0 Å². The molecule has 0 radical (unpaired) electrons. The monoisotopic (exact) mass is 345 g/mol. The van der Waals surface area contributed by atoms with Crippen molar-refractivity contribution in [3.8, 4) is 0 Å². The van der Waals surface area contributed by atoms with Crippen LogP contribution in [0.5, 0.6) is 0 Å². The van der Waals surface area contributed by atoms with Crippen LogP contribution in [0.15, 0.2) is 29.3 Å². The van der Waals surface area contributed by atoms with Crippen LogP contribution in [0.1, 0.15) is 23.0 Å². The molecule has 1 aromatic carbocycles. The second-order valence-electron chi connectivity index (χ2n) is 4.53. The summed E-state index contributed by atoms with van der Waals surface area (Å²) in [6.07, 6.45) is 1.86. The molecule has 0 atom stereocenters. The van der Waals surface area contributed by atoms with Crippen LogP contribution < -0.4 is 4.72 Å². The van der Waals surface area contributed by atoms with Crippen molar-refractivity contribution < 1.29 is 17.6 Å². The Kier molecular flexibility index (Phi) is 4.52. The van der Waals surface area contributed by atoms with E-state index in [1.165, 1.54) is 16.9 Å². The highest BCUT2D eigenvalue weighted by Crippen LogP contribution is 2.19. The molecule has 22 heavy (non-hydrogen) atoms. The minimum absolute atomic E-state index is 0.0586. The van der Waals surface area contributed by atoms with Crippen molar-refractivity contribution >= 4 is 27.5 Å². The molecule has 0 aliphatic carbocycles. The minimum atomic E-state index is -4.34. The van der Waals surface area contributed by atoms with Crippen LogP contribution in [0.3, 0.4) is 0 Å². The zero-order chi connectivity index (χ0) is 16.5. The fraction of sp³-hybridized carbons (Fsp3) is 0.231. The summed E-state index contributed by atoms with van der Waals surface area (Å²) in [6.45, 7) is 1.78. The highest BCUT2D eigenvalue weighted by molar-refractivity contribution is 7.90. The molecule has 0 saturated carbocycles. The van der Waals surface area contributed by atoms with Gasteiger partial charge in [-0.15, -0.1) is 0 Å². The molecular weight excluding hydrogens is 333 g/mol. The quantitative estimate of drug-likeness (QED) is 0.917. The SMILES string of the molecule is CCc1nn(C)cc1C(=O)NS(=O)(=O)c1ccc(Cl)cc1F. The number of nitrogens with zero attached hydrogens (tertiary/aromatic N) is 2. The Balaban J connectivity index is 2.34. The van der Waals surface area contributed by atoms with Crippen LogP contribution in [0.25, 0.3) is 0 Å². The van der Waals surface area contributed by atoms with E-state index in [0.717, 1.165) is 12.1 Å². The molecule has 0 aliphatic rings. The van der Waals surface area contributed by atoms with Gasteiger partial charge < -0.3 is 0 Å². The number of hydrogen-bond acceptors (Lipinski definition) is 4. The normalized spacial score (nSPS) is 11.5. The molecule has 2 aromatic rings. The third kappa shape index (κ3) is 3.28. The van der Waals surface area contributed by atoms with E-state index in [2.05, 4.69) is 5.10 Å². The van der Waals surface area contributed by atoms with Gasteiger partial charge in [0.15, 0.2) is 0 Å². The first-order chi connectivity index (χ1) is 10.2. The molecule has 0 aliphatic heterocycles. The van der Waals surface area contributed by atoms with Gasteiger partial charge in [-0.25, -0.2) is 17.5 Å². The van der Waals surface area contributed by atoms with Gasteiger partial charge in [0.05, 0.1) is 11.3 Å². The number of amides is 1. The number of sulfonamides is 1. The lowest BCUT2D eigenvalue weighted by molar-refractivity contribution is 0.0980. The van der Waals surface area contributed by atoms with Crippen molar-refractivity contribution in [2.45, 2.75) is 18.2 Å². The lowest BCUT2D eigenvalue weighted by Gasteiger charge is -2.07. The van der Waals surface area contributed by atoms with Crippen LogP contribution in [-0.2, 0) is 23.5 Å². The van der Waals surface area contributed by atoms with Gasteiger partial charge in [-0.2, -0.15) is 5.10 Å². The summed E-state index contributed by atoms with van der Waals surface area (Å²) in [4.78, 5) is 11.5. The Morgan fingerprint density at radius 3 is 2.73 bits per heavy atom. The summed E-state index contributed by atoms with van der Waals surface area (Å²) in [5.41, 5.74) is 0.578. The Bertz CT molecular complexity index is 833. The molecule has 1 heterocycles. The predicted molar refractivity (Wildman–Crippen MR) is 78.6 cm³/mol. The number of aryl methyl sites for hydroxylation is 2. The van der Waals surface area contributed by atoms with Crippen molar-refractivity contribution in [1.29, 1.82) is 0 Å². The average Bonchev–Trinajstić information content (AvgIpc) is 2.79. The molecule has 1 N–H and O–H groups in total. The molecule has 9 heteroatoms. The molecule has 118 valence electrons. The zero-order valence-corrected chi connectivity index (χ0v) is 13.4. The van der Waals surface area contributed by atoms with Crippen LogP contribution in [0, 0.1) is 5.82 Å². The van der Waals surface area contributed by atoms with E-state index in [9.17, 15) is 17.6 Å². The van der Waals surface area contributed by atoms with Crippen molar-refractivity contribution in [3.05, 3.63) is 46.5 Å². The van der Waals surface area contributed by atoms with Gasteiger partial charge in [0, 0.05) is 18.3 Å². The lowest BCUT2D eigenvalue weighted by atomic mass is 10.2. The Morgan fingerprint density at radius 2 is 2.14 bits per heavy atom. The fourth-order valence-corrected chi connectivity index (χ4v) is 3.10. The highest BCUT2D eigenvalue weighted by Gasteiger charge is 2.24. The molecule has 0 saturated heterocycles. The number of aromatic nitrogens is 2. The first-order valence-electron chi connectivity index (χ1n) is 6.29. The third-order valence-corrected chi connectivity index (χ3v) is 4.49. The van der Waals surface area contributed by atoms with Gasteiger partial charge in [0.25, 0.3) is 15.9 Å². The number of benzene rings is 1. The average molecular weight is 346 g/mol. The summed E-state index contributed by atoms with van der Waals surface area (Å²) >= 11 is 5.58. The number of halogens is 2. The van der Waals surface area contributed by atoms with Crippen LogP contribution >= 0.6 is 11.6 Å². The first-order valence-corrected chi connectivity index (χ1v) is 8.15. The number of carbonyl (C=O) groups excluding carboxylic acids is 1. The van der Waals surface area contributed by atoms with Gasteiger partial charge in [0.1, 0.15) is 10.7 Å². The fourth-order valence-electron chi connectivity index (χ4n) is 1.91. The Morgan fingerprint density at radius 1 is 1.45 bits per heavy atom. The van der Waals surface area contributed by atoms with E-state index in [1.807, 2.05) is 4.72 Å².